The summed E-state index contributed by atoms with van der Waals surface area (Å²) in [5.74, 6) is -2.07. The van der Waals surface area contributed by atoms with Crippen LogP contribution in [0.3, 0.4) is 0 Å². The Labute approximate surface area is 77.3 Å². The Bertz CT molecular complexity index is 349. The van der Waals surface area contributed by atoms with Gasteiger partial charge in [0.05, 0.1) is 0 Å². The van der Waals surface area contributed by atoms with Gasteiger partial charge < -0.3 is 0 Å². The fourth-order valence-corrected chi connectivity index (χ4v) is 1.10. The van der Waals surface area contributed by atoms with Crippen LogP contribution in [-0.2, 0) is 6.42 Å². The number of aldehydes is 1. The molecule has 1 rings (SSSR count). The molecule has 0 bridgehead atoms. The molecule has 1 nitrogen and oxygen atoms in total. The molecule has 0 spiro atoms. The topological polar surface area (TPSA) is 17.1 Å². The zero-order valence-corrected chi connectivity index (χ0v) is 6.94. The van der Waals surface area contributed by atoms with Gasteiger partial charge in [-0.1, -0.05) is 0 Å². The van der Waals surface area contributed by atoms with E-state index in [9.17, 15) is 22.4 Å². The lowest BCUT2D eigenvalue weighted by Gasteiger charge is -2.05. The summed E-state index contributed by atoms with van der Waals surface area (Å²) >= 11 is 0. The lowest BCUT2D eigenvalue weighted by atomic mass is 10.0. The van der Waals surface area contributed by atoms with Crippen molar-refractivity contribution in [2.75, 3.05) is 0 Å². The first kappa shape index (κ1) is 10.7. The minimum atomic E-state index is -2.77. The highest BCUT2D eigenvalue weighted by molar-refractivity contribution is 5.77. The maximum absolute atomic E-state index is 12.9. The van der Waals surface area contributed by atoms with Crippen molar-refractivity contribution < 1.29 is 22.4 Å². The number of halogens is 4. The molecule has 0 aliphatic rings. The van der Waals surface area contributed by atoms with Crippen LogP contribution in [0.1, 0.15) is 15.9 Å². The molecule has 0 aliphatic carbocycles. The summed E-state index contributed by atoms with van der Waals surface area (Å²) in [6, 6.07) is 1.21. The van der Waals surface area contributed by atoms with E-state index in [1.165, 1.54) is 0 Å². The molecule has 0 heterocycles. The van der Waals surface area contributed by atoms with E-state index in [-0.39, 0.29) is 11.8 Å². The number of hydrogen-bond acceptors (Lipinski definition) is 1. The van der Waals surface area contributed by atoms with Gasteiger partial charge in [0.1, 0.15) is 11.6 Å². The van der Waals surface area contributed by atoms with Crippen molar-refractivity contribution in [1.29, 1.82) is 0 Å². The molecule has 76 valence electrons. The third-order valence-corrected chi connectivity index (χ3v) is 1.68. The Morgan fingerprint density at radius 3 is 2.43 bits per heavy atom. The van der Waals surface area contributed by atoms with Crippen molar-refractivity contribution in [2.24, 2.45) is 0 Å². The maximum Gasteiger partial charge on any atom is 0.242 e. The number of benzene rings is 1. The predicted molar refractivity (Wildman–Crippen MR) is 41.5 cm³/mol. The zero-order chi connectivity index (χ0) is 10.7. The van der Waals surface area contributed by atoms with Crippen LogP contribution >= 0.6 is 0 Å². The SMILES string of the molecule is O=Cc1cc(F)cc(F)c1CC(F)F. The summed E-state index contributed by atoms with van der Waals surface area (Å²) in [4.78, 5) is 10.3. The van der Waals surface area contributed by atoms with Gasteiger partial charge in [-0.3, -0.25) is 4.79 Å². The number of hydrogen-bond donors (Lipinski definition) is 0. The summed E-state index contributed by atoms with van der Waals surface area (Å²) in [6.07, 6.45) is -3.50. The summed E-state index contributed by atoms with van der Waals surface area (Å²) in [5.41, 5.74) is -0.820. The average molecular weight is 206 g/mol. The molecule has 0 amide bonds. The van der Waals surface area contributed by atoms with Gasteiger partial charge in [0.25, 0.3) is 0 Å². The van der Waals surface area contributed by atoms with Crippen LogP contribution in [0.25, 0.3) is 0 Å². The molecule has 1 aromatic rings. The molecule has 0 aromatic heterocycles. The molecular weight excluding hydrogens is 200 g/mol. The third kappa shape index (κ3) is 2.31. The highest BCUT2D eigenvalue weighted by atomic mass is 19.3. The number of alkyl halides is 2. The molecule has 0 fully saturated rings. The molecule has 14 heavy (non-hydrogen) atoms. The quantitative estimate of drug-likeness (QED) is 0.548. The standard InChI is InChI=1S/C9H6F4O/c10-6-1-5(4-14)7(3-9(12)13)8(11)2-6/h1-2,4,9H,3H2. The minimum absolute atomic E-state index is 0.157. The Balaban J connectivity index is 3.18. The Kier molecular flexibility index (Phi) is 3.22. The molecular formula is C9H6F4O. The Morgan fingerprint density at radius 1 is 1.29 bits per heavy atom. The molecule has 0 saturated heterocycles. The van der Waals surface area contributed by atoms with E-state index in [0.717, 1.165) is 6.07 Å². The van der Waals surface area contributed by atoms with E-state index in [0.29, 0.717) is 6.07 Å². The first-order valence-corrected chi connectivity index (χ1v) is 3.76. The number of carbonyl (C=O) groups is 1. The van der Waals surface area contributed by atoms with E-state index in [1.54, 1.807) is 0 Å². The minimum Gasteiger partial charge on any atom is -0.298 e. The van der Waals surface area contributed by atoms with Crippen LogP contribution in [0.2, 0.25) is 0 Å². The van der Waals surface area contributed by atoms with Crippen molar-refractivity contribution in [3.63, 3.8) is 0 Å². The third-order valence-electron chi connectivity index (χ3n) is 1.68. The largest absolute Gasteiger partial charge is 0.298 e. The van der Waals surface area contributed by atoms with E-state index < -0.39 is 30.0 Å². The zero-order valence-electron chi connectivity index (χ0n) is 6.94. The second-order valence-electron chi connectivity index (χ2n) is 2.67. The van der Waals surface area contributed by atoms with Gasteiger partial charge in [-0.2, -0.15) is 0 Å². The Hall–Kier alpha value is -1.39. The molecule has 0 saturated carbocycles. The number of rotatable bonds is 3. The van der Waals surface area contributed by atoms with E-state index in [4.69, 9.17) is 0 Å². The normalized spacial score (nSPS) is 10.6. The molecule has 0 atom stereocenters. The molecule has 1 aromatic carbocycles. The van der Waals surface area contributed by atoms with Gasteiger partial charge in [-0.15, -0.1) is 0 Å². The second kappa shape index (κ2) is 4.21. The Morgan fingerprint density at radius 2 is 1.93 bits per heavy atom. The summed E-state index contributed by atoms with van der Waals surface area (Å²) < 4.78 is 49.4. The molecule has 5 heteroatoms. The highest BCUT2D eigenvalue weighted by Crippen LogP contribution is 2.17. The predicted octanol–water partition coefficient (Wildman–Crippen LogP) is 2.58. The van der Waals surface area contributed by atoms with Crippen molar-refractivity contribution in [3.05, 3.63) is 34.9 Å². The molecule has 0 unspecified atom stereocenters. The van der Waals surface area contributed by atoms with Crippen molar-refractivity contribution >= 4 is 6.29 Å². The van der Waals surface area contributed by atoms with Crippen LogP contribution in [0.5, 0.6) is 0 Å². The van der Waals surface area contributed by atoms with E-state index in [1.807, 2.05) is 0 Å². The van der Waals surface area contributed by atoms with Gasteiger partial charge in [0.2, 0.25) is 6.43 Å². The van der Waals surface area contributed by atoms with Gasteiger partial charge >= 0.3 is 0 Å². The molecule has 0 aliphatic heterocycles. The van der Waals surface area contributed by atoms with Crippen LogP contribution in [-0.4, -0.2) is 12.7 Å². The monoisotopic (exact) mass is 206 g/mol. The van der Waals surface area contributed by atoms with Gasteiger partial charge in [-0.05, 0) is 6.07 Å². The van der Waals surface area contributed by atoms with Gasteiger partial charge in [0, 0.05) is 23.6 Å². The smallest absolute Gasteiger partial charge is 0.242 e. The number of carbonyl (C=O) groups excluding carboxylic acids is 1. The first-order valence-electron chi connectivity index (χ1n) is 3.76. The highest BCUT2D eigenvalue weighted by Gasteiger charge is 2.15. The van der Waals surface area contributed by atoms with Crippen LogP contribution in [0.15, 0.2) is 12.1 Å². The molecule has 0 radical (unpaired) electrons. The van der Waals surface area contributed by atoms with Crippen LogP contribution in [0.4, 0.5) is 17.6 Å². The lowest BCUT2D eigenvalue weighted by Crippen LogP contribution is -2.05. The van der Waals surface area contributed by atoms with Gasteiger partial charge in [-0.25, -0.2) is 17.6 Å². The summed E-state index contributed by atoms with van der Waals surface area (Å²) in [5, 5.41) is 0. The fraction of sp³-hybridized carbons (Fsp3) is 0.222. The van der Waals surface area contributed by atoms with Crippen LogP contribution in [0, 0.1) is 11.6 Å². The molecule has 0 N–H and O–H groups in total. The maximum atomic E-state index is 12.9. The van der Waals surface area contributed by atoms with Crippen molar-refractivity contribution in [3.8, 4) is 0 Å². The van der Waals surface area contributed by atoms with Crippen molar-refractivity contribution in [1.82, 2.24) is 0 Å². The first-order chi connectivity index (χ1) is 6.54. The van der Waals surface area contributed by atoms with E-state index >= 15 is 0 Å². The van der Waals surface area contributed by atoms with Crippen LogP contribution < -0.4 is 0 Å². The average Bonchev–Trinajstić information content (AvgIpc) is 2.08. The summed E-state index contributed by atoms with van der Waals surface area (Å²) in [6.45, 7) is 0. The van der Waals surface area contributed by atoms with Crippen molar-refractivity contribution in [2.45, 2.75) is 12.8 Å². The van der Waals surface area contributed by atoms with Gasteiger partial charge in [0.15, 0.2) is 6.29 Å². The second-order valence-corrected chi connectivity index (χ2v) is 2.67. The summed E-state index contributed by atoms with van der Waals surface area (Å²) in [7, 11) is 0. The fourth-order valence-electron chi connectivity index (χ4n) is 1.10. The van der Waals surface area contributed by atoms with E-state index in [2.05, 4.69) is 0 Å². The lowest BCUT2D eigenvalue weighted by molar-refractivity contribution is 0.111.